The fourth-order valence-electron chi connectivity index (χ4n) is 3.71. The average molecular weight is 520 g/mol. The largest absolute Gasteiger partial charge is 0.355 e. The topological polar surface area (TPSA) is 77.6 Å². The molecule has 2 N–H and O–H groups in total. The highest BCUT2D eigenvalue weighted by atomic mass is 35.5. The van der Waals surface area contributed by atoms with Crippen molar-refractivity contribution in [3.63, 3.8) is 0 Å². The van der Waals surface area contributed by atoms with Crippen LogP contribution in [0.4, 0.5) is 30.8 Å². The van der Waals surface area contributed by atoms with Crippen LogP contribution in [0.3, 0.4) is 0 Å². The lowest BCUT2D eigenvalue weighted by atomic mass is 10.2. The number of aromatic nitrogens is 1. The van der Waals surface area contributed by atoms with Gasteiger partial charge in [0.15, 0.2) is 0 Å². The van der Waals surface area contributed by atoms with Crippen molar-refractivity contribution in [3.8, 4) is 0 Å². The number of amides is 3. The van der Waals surface area contributed by atoms with Gasteiger partial charge in [-0.2, -0.15) is 0 Å². The predicted octanol–water partition coefficient (Wildman–Crippen LogP) is 5.66. The van der Waals surface area contributed by atoms with Gasteiger partial charge in [0.2, 0.25) is 0 Å². The Labute approximate surface area is 210 Å². The minimum atomic E-state index is -0.874. The predicted molar refractivity (Wildman–Crippen MR) is 132 cm³/mol. The number of pyridine rings is 1. The third kappa shape index (κ3) is 6.17. The van der Waals surface area contributed by atoms with Crippen LogP contribution in [-0.4, -0.2) is 48.0 Å². The van der Waals surface area contributed by atoms with Gasteiger partial charge in [-0.15, -0.1) is 0 Å². The van der Waals surface area contributed by atoms with E-state index in [1.54, 1.807) is 35.2 Å². The lowest BCUT2D eigenvalue weighted by Crippen LogP contribution is -2.35. The van der Waals surface area contributed by atoms with Gasteiger partial charge < -0.3 is 20.4 Å². The summed E-state index contributed by atoms with van der Waals surface area (Å²) in [5, 5.41) is 5.67. The molecule has 0 saturated carbocycles. The molecular formula is C24H21Cl2F2N5O2. The Bertz CT molecular complexity index is 1240. The van der Waals surface area contributed by atoms with Crippen molar-refractivity contribution in [2.24, 2.45) is 0 Å². The van der Waals surface area contributed by atoms with Crippen LogP contribution in [0, 0.1) is 11.6 Å². The van der Waals surface area contributed by atoms with Crippen molar-refractivity contribution >= 4 is 52.3 Å². The third-order valence-corrected chi connectivity index (χ3v) is 6.00. The summed E-state index contributed by atoms with van der Waals surface area (Å²) in [5.74, 6) is -1.06. The van der Waals surface area contributed by atoms with E-state index in [0.717, 1.165) is 18.6 Å². The van der Waals surface area contributed by atoms with Crippen molar-refractivity contribution in [1.29, 1.82) is 0 Å². The van der Waals surface area contributed by atoms with Crippen LogP contribution < -0.4 is 15.5 Å². The van der Waals surface area contributed by atoms with Gasteiger partial charge in [0.1, 0.15) is 17.5 Å². The van der Waals surface area contributed by atoms with Crippen molar-refractivity contribution in [3.05, 3.63) is 82.0 Å². The molecule has 3 aromatic rings. The Balaban J connectivity index is 1.34. The van der Waals surface area contributed by atoms with E-state index in [0.29, 0.717) is 59.4 Å². The molecule has 182 valence electrons. The fourth-order valence-corrected chi connectivity index (χ4v) is 4.19. The molecule has 7 nitrogen and oxygen atoms in total. The number of urea groups is 1. The molecule has 35 heavy (non-hydrogen) atoms. The SMILES string of the molecule is O=C(Nc1ccc(N2CCCN(C(=O)c3ccc(Cl)cc3Cl)CC2)nc1)Nc1ccc(F)cc1F. The van der Waals surface area contributed by atoms with Gasteiger partial charge in [-0.3, -0.25) is 4.79 Å². The molecule has 1 fully saturated rings. The lowest BCUT2D eigenvalue weighted by molar-refractivity contribution is 0.0767. The molecule has 4 rings (SSSR count). The second-order valence-electron chi connectivity index (χ2n) is 7.87. The highest BCUT2D eigenvalue weighted by molar-refractivity contribution is 6.36. The molecule has 0 bridgehead atoms. The molecule has 0 aliphatic carbocycles. The van der Waals surface area contributed by atoms with Crippen LogP contribution in [0.2, 0.25) is 10.0 Å². The maximum absolute atomic E-state index is 13.7. The zero-order valence-electron chi connectivity index (χ0n) is 18.4. The highest BCUT2D eigenvalue weighted by Gasteiger charge is 2.22. The van der Waals surface area contributed by atoms with E-state index >= 15 is 0 Å². The second-order valence-corrected chi connectivity index (χ2v) is 8.71. The third-order valence-electron chi connectivity index (χ3n) is 5.45. The average Bonchev–Trinajstić information content (AvgIpc) is 3.07. The summed E-state index contributed by atoms with van der Waals surface area (Å²) in [5.41, 5.74) is 0.673. The number of hydrogen-bond donors (Lipinski definition) is 2. The zero-order valence-corrected chi connectivity index (χ0v) is 19.9. The first-order chi connectivity index (χ1) is 16.8. The molecule has 0 spiro atoms. The molecule has 0 unspecified atom stereocenters. The summed E-state index contributed by atoms with van der Waals surface area (Å²) in [4.78, 5) is 33.3. The van der Waals surface area contributed by atoms with Gasteiger partial charge in [0.25, 0.3) is 5.91 Å². The number of nitrogens with one attached hydrogen (secondary N) is 2. The van der Waals surface area contributed by atoms with E-state index in [4.69, 9.17) is 23.2 Å². The highest BCUT2D eigenvalue weighted by Crippen LogP contribution is 2.24. The first-order valence-corrected chi connectivity index (χ1v) is 11.5. The van der Waals surface area contributed by atoms with E-state index in [9.17, 15) is 18.4 Å². The van der Waals surface area contributed by atoms with Crippen molar-refractivity contribution < 1.29 is 18.4 Å². The van der Waals surface area contributed by atoms with Gasteiger partial charge in [-0.25, -0.2) is 18.6 Å². The summed E-state index contributed by atoms with van der Waals surface area (Å²) in [6, 6.07) is 10.4. The molecule has 1 aliphatic rings. The summed E-state index contributed by atoms with van der Waals surface area (Å²) >= 11 is 12.1. The number of hydrogen-bond acceptors (Lipinski definition) is 4. The normalized spacial score (nSPS) is 13.8. The molecule has 11 heteroatoms. The maximum Gasteiger partial charge on any atom is 0.323 e. The Hall–Kier alpha value is -3.43. The fraction of sp³-hybridized carbons (Fsp3) is 0.208. The van der Waals surface area contributed by atoms with Crippen molar-refractivity contribution in [2.75, 3.05) is 41.7 Å². The van der Waals surface area contributed by atoms with Gasteiger partial charge in [-0.1, -0.05) is 23.2 Å². The first kappa shape index (κ1) is 24.7. The van der Waals surface area contributed by atoms with Crippen LogP contribution in [0.1, 0.15) is 16.8 Å². The van der Waals surface area contributed by atoms with Gasteiger partial charge >= 0.3 is 6.03 Å². The zero-order chi connectivity index (χ0) is 24.9. The molecular weight excluding hydrogens is 499 g/mol. The molecule has 3 amide bonds. The molecule has 1 aliphatic heterocycles. The summed E-state index contributed by atoms with van der Waals surface area (Å²) < 4.78 is 26.7. The van der Waals surface area contributed by atoms with E-state index < -0.39 is 17.7 Å². The van der Waals surface area contributed by atoms with Gasteiger partial charge in [-0.05, 0) is 48.9 Å². The van der Waals surface area contributed by atoms with Gasteiger partial charge in [0.05, 0.1) is 28.2 Å². The molecule has 2 heterocycles. The van der Waals surface area contributed by atoms with Crippen molar-refractivity contribution in [1.82, 2.24) is 9.88 Å². The maximum atomic E-state index is 13.7. The van der Waals surface area contributed by atoms with Crippen LogP contribution >= 0.6 is 23.2 Å². The standard InChI is InChI=1S/C24H21Cl2F2N5O2/c25-15-2-5-18(19(26)12-15)23(34)33-9-1-8-32(10-11-33)22-7-4-17(14-29-22)30-24(35)31-21-6-3-16(27)13-20(21)28/h2-7,12-14H,1,8-11H2,(H2,30,31,35). The van der Waals surface area contributed by atoms with E-state index in [1.165, 1.54) is 6.20 Å². The molecule has 2 aromatic carbocycles. The van der Waals surface area contributed by atoms with Crippen molar-refractivity contribution in [2.45, 2.75) is 6.42 Å². The minimum Gasteiger partial charge on any atom is -0.355 e. The first-order valence-electron chi connectivity index (χ1n) is 10.8. The summed E-state index contributed by atoms with van der Waals surface area (Å²) in [6.45, 7) is 2.34. The van der Waals surface area contributed by atoms with Gasteiger partial charge in [0, 0.05) is 37.3 Å². The molecule has 1 saturated heterocycles. The number of rotatable bonds is 4. The number of nitrogens with zero attached hydrogens (tertiary/aromatic N) is 3. The van der Waals surface area contributed by atoms with Crippen LogP contribution in [0.15, 0.2) is 54.7 Å². The number of carbonyl (C=O) groups excluding carboxylic acids is 2. The summed E-state index contributed by atoms with van der Waals surface area (Å²) in [6.07, 6.45) is 2.22. The van der Waals surface area contributed by atoms with E-state index in [2.05, 4.69) is 20.5 Å². The van der Waals surface area contributed by atoms with Crippen LogP contribution in [0.25, 0.3) is 0 Å². The second kappa shape index (κ2) is 10.9. The molecule has 0 radical (unpaired) electrons. The van der Waals surface area contributed by atoms with Crippen LogP contribution in [-0.2, 0) is 0 Å². The Kier molecular flexibility index (Phi) is 7.67. The quantitative estimate of drug-likeness (QED) is 0.466. The monoisotopic (exact) mass is 519 g/mol. The number of carbonyl (C=O) groups is 2. The van der Waals surface area contributed by atoms with E-state index in [1.807, 2.05) is 0 Å². The molecule has 0 atom stereocenters. The minimum absolute atomic E-state index is 0.142. The number of halogens is 4. The Morgan fingerprint density at radius 2 is 1.74 bits per heavy atom. The van der Waals surface area contributed by atoms with Crippen LogP contribution in [0.5, 0.6) is 0 Å². The summed E-state index contributed by atoms with van der Waals surface area (Å²) in [7, 11) is 0. The number of anilines is 3. The van der Waals surface area contributed by atoms with E-state index in [-0.39, 0.29) is 11.6 Å². The molecule has 1 aromatic heterocycles. The number of benzene rings is 2. The Morgan fingerprint density at radius 1 is 0.914 bits per heavy atom. The lowest BCUT2D eigenvalue weighted by Gasteiger charge is -2.23. The smallest absolute Gasteiger partial charge is 0.323 e. The Morgan fingerprint density at radius 3 is 2.46 bits per heavy atom.